The zero-order valence-electron chi connectivity index (χ0n) is 12.3. The lowest BCUT2D eigenvalue weighted by Gasteiger charge is -2.14. The Labute approximate surface area is 128 Å². The summed E-state index contributed by atoms with van der Waals surface area (Å²) in [6.07, 6.45) is 1.71. The molecule has 1 aromatic carbocycles. The zero-order valence-corrected chi connectivity index (χ0v) is 13.1. The molecule has 4 nitrogen and oxygen atoms in total. The third kappa shape index (κ3) is 3.61. The minimum atomic E-state index is -0.375. The van der Waals surface area contributed by atoms with Crippen LogP contribution in [0.15, 0.2) is 18.2 Å². The van der Waals surface area contributed by atoms with Gasteiger partial charge in [0.25, 0.3) is 0 Å². The fourth-order valence-corrected chi connectivity index (χ4v) is 2.16. The molecule has 21 heavy (non-hydrogen) atoms. The monoisotopic (exact) mass is 308 g/mol. The molecule has 0 radical (unpaired) electrons. The molecule has 2 aromatic rings. The Bertz CT molecular complexity index is 646. The van der Waals surface area contributed by atoms with Crippen molar-refractivity contribution in [1.29, 1.82) is 0 Å². The molecule has 0 unspecified atom stereocenters. The SMILES string of the molecule is CCCc1nc(NC)c(C)c(Nc2cc(Cl)ccc2F)n1. The second-order valence-corrected chi connectivity index (χ2v) is 5.15. The Hall–Kier alpha value is -1.88. The Balaban J connectivity index is 2.42. The summed E-state index contributed by atoms with van der Waals surface area (Å²) in [6, 6.07) is 4.38. The highest BCUT2D eigenvalue weighted by Gasteiger charge is 2.12. The fraction of sp³-hybridized carbons (Fsp3) is 0.333. The van der Waals surface area contributed by atoms with Crippen LogP contribution in [-0.2, 0) is 6.42 Å². The van der Waals surface area contributed by atoms with Crippen molar-refractivity contribution < 1.29 is 4.39 Å². The quantitative estimate of drug-likeness (QED) is 0.864. The predicted molar refractivity (Wildman–Crippen MR) is 85.0 cm³/mol. The van der Waals surface area contributed by atoms with Crippen molar-refractivity contribution in [3.63, 3.8) is 0 Å². The van der Waals surface area contributed by atoms with Crippen molar-refractivity contribution >= 4 is 28.9 Å². The molecule has 0 aliphatic rings. The van der Waals surface area contributed by atoms with Crippen LogP contribution in [-0.4, -0.2) is 17.0 Å². The van der Waals surface area contributed by atoms with E-state index >= 15 is 0 Å². The summed E-state index contributed by atoms with van der Waals surface area (Å²) in [5.74, 6) is 1.66. The van der Waals surface area contributed by atoms with Crippen molar-refractivity contribution in [2.75, 3.05) is 17.7 Å². The van der Waals surface area contributed by atoms with Crippen molar-refractivity contribution in [2.24, 2.45) is 0 Å². The second-order valence-electron chi connectivity index (χ2n) is 4.71. The first-order valence-corrected chi connectivity index (χ1v) is 7.20. The standard InChI is InChI=1S/C15H18ClFN4/c1-4-5-13-20-14(18-3)9(2)15(21-13)19-12-8-10(16)6-7-11(12)17/h6-8H,4-5H2,1-3H3,(H2,18,19,20,21). The van der Waals surface area contributed by atoms with E-state index in [0.717, 1.165) is 30.0 Å². The molecule has 0 aliphatic heterocycles. The van der Waals surface area contributed by atoms with Crippen LogP contribution in [0.3, 0.4) is 0 Å². The van der Waals surface area contributed by atoms with E-state index in [9.17, 15) is 4.39 Å². The molecule has 0 bridgehead atoms. The summed E-state index contributed by atoms with van der Waals surface area (Å²) in [5, 5.41) is 6.51. The van der Waals surface area contributed by atoms with Gasteiger partial charge in [-0.2, -0.15) is 0 Å². The average molecular weight is 309 g/mol. The van der Waals surface area contributed by atoms with Crippen molar-refractivity contribution in [3.8, 4) is 0 Å². The number of halogens is 2. The highest BCUT2D eigenvalue weighted by molar-refractivity contribution is 6.30. The molecule has 6 heteroatoms. The van der Waals surface area contributed by atoms with E-state index in [-0.39, 0.29) is 5.82 Å². The number of anilines is 3. The third-order valence-corrected chi connectivity index (χ3v) is 3.32. The van der Waals surface area contributed by atoms with Crippen molar-refractivity contribution in [3.05, 3.63) is 40.4 Å². The van der Waals surface area contributed by atoms with Crippen LogP contribution in [0.5, 0.6) is 0 Å². The first-order valence-electron chi connectivity index (χ1n) is 6.82. The molecule has 0 fully saturated rings. The van der Waals surface area contributed by atoms with Gasteiger partial charge in [0.15, 0.2) is 0 Å². The zero-order chi connectivity index (χ0) is 15.4. The summed E-state index contributed by atoms with van der Waals surface area (Å²) in [6.45, 7) is 3.94. The molecule has 2 rings (SSSR count). The molecule has 0 spiro atoms. The fourth-order valence-electron chi connectivity index (χ4n) is 1.98. The van der Waals surface area contributed by atoms with Crippen LogP contribution in [0, 0.1) is 12.7 Å². The number of aromatic nitrogens is 2. The Morgan fingerprint density at radius 3 is 2.62 bits per heavy atom. The minimum Gasteiger partial charge on any atom is -0.373 e. The molecule has 0 saturated heterocycles. The summed E-state index contributed by atoms with van der Waals surface area (Å²) < 4.78 is 13.8. The largest absolute Gasteiger partial charge is 0.373 e. The summed E-state index contributed by atoms with van der Waals surface area (Å²) in [7, 11) is 1.80. The Morgan fingerprint density at radius 1 is 1.24 bits per heavy atom. The maximum atomic E-state index is 13.8. The van der Waals surface area contributed by atoms with Crippen LogP contribution in [0.2, 0.25) is 5.02 Å². The lowest BCUT2D eigenvalue weighted by molar-refractivity contribution is 0.631. The Kier molecular flexibility index (Phi) is 4.96. The van der Waals surface area contributed by atoms with Gasteiger partial charge in [-0.05, 0) is 31.5 Å². The number of nitrogens with one attached hydrogen (secondary N) is 2. The van der Waals surface area contributed by atoms with Crippen LogP contribution < -0.4 is 10.6 Å². The number of rotatable bonds is 5. The van der Waals surface area contributed by atoms with E-state index in [2.05, 4.69) is 27.5 Å². The number of aryl methyl sites for hydroxylation is 1. The van der Waals surface area contributed by atoms with E-state index in [1.165, 1.54) is 18.2 Å². The molecule has 0 saturated carbocycles. The van der Waals surface area contributed by atoms with E-state index in [4.69, 9.17) is 11.6 Å². The Morgan fingerprint density at radius 2 is 1.95 bits per heavy atom. The number of nitrogens with zero attached hydrogens (tertiary/aromatic N) is 2. The van der Waals surface area contributed by atoms with Gasteiger partial charge in [-0.25, -0.2) is 14.4 Å². The first kappa shape index (κ1) is 15.5. The van der Waals surface area contributed by atoms with Crippen LogP contribution >= 0.6 is 11.6 Å². The summed E-state index contributed by atoms with van der Waals surface area (Å²) in [4.78, 5) is 8.91. The van der Waals surface area contributed by atoms with E-state index < -0.39 is 0 Å². The average Bonchev–Trinajstić information content (AvgIpc) is 2.46. The molecular formula is C15H18ClFN4. The minimum absolute atomic E-state index is 0.300. The molecule has 0 aliphatic carbocycles. The molecule has 2 N–H and O–H groups in total. The van der Waals surface area contributed by atoms with Gasteiger partial charge >= 0.3 is 0 Å². The lowest BCUT2D eigenvalue weighted by Crippen LogP contribution is -2.08. The molecular weight excluding hydrogens is 291 g/mol. The van der Waals surface area contributed by atoms with Gasteiger partial charge in [-0.1, -0.05) is 18.5 Å². The van der Waals surface area contributed by atoms with Gasteiger partial charge in [0.2, 0.25) is 0 Å². The van der Waals surface area contributed by atoms with Gasteiger partial charge in [-0.3, -0.25) is 0 Å². The van der Waals surface area contributed by atoms with E-state index in [0.29, 0.717) is 16.5 Å². The summed E-state index contributed by atoms with van der Waals surface area (Å²) >= 11 is 5.91. The topological polar surface area (TPSA) is 49.8 Å². The maximum Gasteiger partial charge on any atom is 0.146 e. The molecule has 1 aromatic heterocycles. The van der Waals surface area contributed by atoms with Gasteiger partial charge in [0.05, 0.1) is 5.69 Å². The number of hydrogen-bond acceptors (Lipinski definition) is 4. The maximum absolute atomic E-state index is 13.8. The molecule has 1 heterocycles. The van der Waals surface area contributed by atoms with E-state index in [1.54, 1.807) is 7.05 Å². The highest BCUT2D eigenvalue weighted by atomic mass is 35.5. The summed E-state index contributed by atoms with van der Waals surface area (Å²) in [5.41, 5.74) is 1.13. The molecule has 112 valence electrons. The molecule has 0 atom stereocenters. The number of benzene rings is 1. The van der Waals surface area contributed by atoms with Crippen LogP contribution in [0.25, 0.3) is 0 Å². The number of hydrogen-bond donors (Lipinski definition) is 2. The van der Waals surface area contributed by atoms with Gasteiger partial charge in [-0.15, -0.1) is 0 Å². The van der Waals surface area contributed by atoms with Gasteiger partial charge < -0.3 is 10.6 Å². The highest BCUT2D eigenvalue weighted by Crippen LogP contribution is 2.27. The van der Waals surface area contributed by atoms with Crippen molar-refractivity contribution in [1.82, 2.24) is 9.97 Å². The smallest absolute Gasteiger partial charge is 0.146 e. The van der Waals surface area contributed by atoms with Gasteiger partial charge in [0.1, 0.15) is 23.3 Å². The first-order chi connectivity index (χ1) is 10.0. The lowest BCUT2D eigenvalue weighted by atomic mass is 10.2. The third-order valence-electron chi connectivity index (χ3n) is 3.08. The van der Waals surface area contributed by atoms with Gasteiger partial charge in [0, 0.05) is 24.1 Å². The van der Waals surface area contributed by atoms with Crippen LogP contribution in [0.1, 0.15) is 24.7 Å². The molecule has 0 amide bonds. The predicted octanol–water partition coefficient (Wildman–Crippen LogP) is 4.32. The second kappa shape index (κ2) is 6.72. The normalized spacial score (nSPS) is 10.5. The van der Waals surface area contributed by atoms with Crippen molar-refractivity contribution in [2.45, 2.75) is 26.7 Å². The van der Waals surface area contributed by atoms with E-state index in [1.807, 2.05) is 6.92 Å². The van der Waals surface area contributed by atoms with Crippen LogP contribution in [0.4, 0.5) is 21.7 Å².